The fourth-order valence-electron chi connectivity index (χ4n) is 2.85. The summed E-state index contributed by atoms with van der Waals surface area (Å²) in [5.74, 6) is -0.453. The van der Waals surface area contributed by atoms with E-state index >= 15 is 0 Å². The van der Waals surface area contributed by atoms with Crippen LogP contribution in [0.15, 0.2) is 58.1 Å². The summed E-state index contributed by atoms with van der Waals surface area (Å²) in [6, 6.07) is 13.7. The Kier molecular flexibility index (Phi) is 5.53. The monoisotopic (exact) mass is 449 g/mol. The maximum Gasteiger partial charge on any atom is 0.342 e. The number of amides is 2. The third-order valence-electron chi connectivity index (χ3n) is 4.29. The van der Waals surface area contributed by atoms with Crippen LogP contribution in [0.5, 0.6) is 0 Å². The number of urea groups is 1. The number of hydrazone groups is 1. The Bertz CT molecular complexity index is 899. The van der Waals surface area contributed by atoms with Crippen molar-refractivity contribution in [2.24, 2.45) is 10.5 Å². The Morgan fingerprint density at radius 3 is 2.41 bits per heavy atom. The number of nitrogens with zero attached hydrogens (tertiary/aromatic N) is 2. The fourth-order valence-corrected chi connectivity index (χ4v) is 3.24. The Balaban J connectivity index is 1.90. The van der Waals surface area contributed by atoms with E-state index in [4.69, 9.17) is 16.3 Å². The van der Waals surface area contributed by atoms with Crippen LogP contribution in [0.4, 0.5) is 10.5 Å². The summed E-state index contributed by atoms with van der Waals surface area (Å²) < 4.78 is 5.87. The van der Waals surface area contributed by atoms with Crippen molar-refractivity contribution in [3.63, 3.8) is 0 Å². The molecule has 27 heavy (non-hydrogen) atoms. The maximum atomic E-state index is 12.6. The van der Waals surface area contributed by atoms with Gasteiger partial charge in [0.15, 0.2) is 0 Å². The molecule has 0 bridgehead atoms. The van der Waals surface area contributed by atoms with E-state index in [1.807, 2.05) is 24.3 Å². The summed E-state index contributed by atoms with van der Waals surface area (Å²) in [6.45, 7) is 1.79. The average molecular weight is 451 g/mol. The molecule has 2 amide bonds. The van der Waals surface area contributed by atoms with Crippen molar-refractivity contribution in [1.82, 2.24) is 5.01 Å². The number of hydrogen-bond donors (Lipinski definition) is 1. The van der Waals surface area contributed by atoms with Crippen molar-refractivity contribution in [1.29, 1.82) is 0 Å². The second kappa shape index (κ2) is 7.70. The van der Waals surface area contributed by atoms with Gasteiger partial charge in [-0.2, -0.15) is 5.10 Å². The number of rotatable bonds is 3. The molecular weight excluding hydrogens is 434 g/mol. The van der Waals surface area contributed by atoms with Crippen molar-refractivity contribution in [3.05, 3.63) is 63.6 Å². The average Bonchev–Trinajstić information content (AvgIpc) is 3.02. The summed E-state index contributed by atoms with van der Waals surface area (Å²) >= 11 is 9.25. The second-order valence-electron chi connectivity index (χ2n) is 6.27. The van der Waals surface area contributed by atoms with Gasteiger partial charge in [-0.3, -0.25) is 4.79 Å². The van der Waals surface area contributed by atoms with Gasteiger partial charge in [-0.15, -0.1) is 0 Å². The van der Waals surface area contributed by atoms with Crippen LogP contribution in [0.3, 0.4) is 0 Å². The van der Waals surface area contributed by atoms with Crippen LogP contribution in [0, 0.1) is 5.41 Å². The number of anilines is 1. The normalized spacial score (nSPS) is 18.8. The van der Waals surface area contributed by atoms with Crippen LogP contribution in [-0.4, -0.2) is 36.4 Å². The second-order valence-corrected chi connectivity index (χ2v) is 7.63. The van der Waals surface area contributed by atoms with Gasteiger partial charge in [0.25, 0.3) is 0 Å². The first kappa shape index (κ1) is 19.4. The van der Waals surface area contributed by atoms with E-state index in [9.17, 15) is 9.59 Å². The first-order valence-electron chi connectivity index (χ1n) is 8.11. The molecule has 0 fully saturated rings. The smallest absolute Gasteiger partial charge is 0.342 e. The third-order valence-corrected chi connectivity index (χ3v) is 5.07. The molecule has 0 radical (unpaired) electrons. The van der Waals surface area contributed by atoms with Crippen LogP contribution in [0.1, 0.15) is 12.5 Å². The standard InChI is InChI=1S/C19H17BrClN3O3/c1-19(17(25)27-2)11-24(18(26)22-15-9-7-14(21)8-10-15)23-16(19)12-3-5-13(20)6-4-12/h3-10H,11H2,1-2H3,(H,22,26). The van der Waals surface area contributed by atoms with Gasteiger partial charge in [-0.05, 0) is 48.9 Å². The lowest BCUT2D eigenvalue weighted by molar-refractivity contribution is -0.147. The molecule has 0 spiro atoms. The molecule has 1 atom stereocenters. The summed E-state index contributed by atoms with van der Waals surface area (Å²) in [4.78, 5) is 25.1. The first-order chi connectivity index (χ1) is 12.8. The Labute approximate surface area is 170 Å². The van der Waals surface area contributed by atoms with Gasteiger partial charge in [0.2, 0.25) is 0 Å². The number of carbonyl (C=O) groups excluding carboxylic acids is 2. The lowest BCUT2D eigenvalue weighted by Gasteiger charge is -2.23. The zero-order valence-electron chi connectivity index (χ0n) is 14.7. The molecule has 6 nitrogen and oxygen atoms in total. The summed E-state index contributed by atoms with van der Waals surface area (Å²) in [7, 11) is 1.32. The number of benzene rings is 2. The van der Waals surface area contributed by atoms with Crippen LogP contribution in [-0.2, 0) is 9.53 Å². The van der Waals surface area contributed by atoms with Crippen molar-refractivity contribution in [3.8, 4) is 0 Å². The number of methoxy groups -OCH3 is 1. The summed E-state index contributed by atoms with van der Waals surface area (Å²) in [6.07, 6.45) is 0. The number of ether oxygens (including phenoxy) is 1. The minimum absolute atomic E-state index is 0.0739. The number of halogens is 2. The highest BCUT2D eigenvalue weighted by Gasteiger charge is 2.48. The van der Waals surface area contributed by atoms with Gasteiger partial charge in [-0.25, -0.2) is 9.80 Å². The summed E-state index contributed by atoms with van der Waals surface area (Å²) in [5.41, 5.74) is 0.734. The highest BCUT2D eigenvalue weighted by molar-refractivity contribution is 9.10. The zero-order valence-corrected chi connectivity index (χ0v) is 17.0. The molecule has 0 saturated heterocycles. The minimum atomic E-state index is -1.07. The van der Waals surface area contributed by atoms with Gasteiger partial charge in [0.05, 0.1) is 19.4 Å². The van der Waals surface area contributed by atoms with Gasteiger partial charge < -0.3 is 10.1 Å². The molecule has 0 aromatic heterocycles. The van der Waals surface area contributed by atoms with E-state index in [2.05, 4.69) is 26.3 Å². The lowest BCUT2D eigenvalue weighted by Crippen LogP contribution is -2.42. The van der Waals surface area contributed by atoms with E-state index in [-0.39, 0.29) is 6.54 Å². The van der Waals surface area contributed by atoms with Crippen LogP contribution in [0.25, 0.3) is 0 Å². The van der Waals surface area contributed by atoms with Crippen LogP contribution < -0.4 is 5.32 Å². The Morgan fingerprint density at radius 1 is 1.19 bits per heavy atom. The predicted molar refractivity (Wildman–Crippen MR) is 108 cm³/mol. The molecule has 8 heteroatoms. The van der Waals surface area contributed by atoms with Gasteiger partial charge in [-0.1, -0.05) is 39.7 Å². The van der Waals surface area contributed by atoms with Gasteiger partial charge in [0, 0.05) is 15.2 Å². The van der Waals surface area contributed by atoms with E-state index in [0.717, 1.165) is 10.0 Å². The highest BCUT2D eigenvalue weighted by atomic mass is 79.9. The topological polar surface area (TPSA) is 71.0 Å². The molecule has 1 N–H and O–H groups in total. The molecular formula is C19H17BrClN3O3. The van der Waals surface area contributed by atoms with Crippen molar-refractivity contribution in [2.75, 3.05) is 19.0 Å². The third kappa shape index (κ3) is 3.99. The molecule has 1 aliphatic rings. The van der Waals surface area contributed by atoms with Crippen molar-refractivity contribution >= 4 is 50.9 Å². The SMILES string of the molecule is COC(=O)C1(C)CN(C(=O)Nc2ccc(Cl)cc2)N=C1c1ccc(Br)cc1. The zero-order chi connectivity index (χ0) is 19.6. The molecule has 1 heterocycles. The van der Waals surface area contributed by atoms with Crippen molar-refractivity contribution < 1.29 is 14.3 Å². The lowest BCUT2D eigenvalue weighted by atomic mass is 9.82. The molecule has 0 saturated carbocycles. The maximum absolute atomic E-state index is 12.6. The molecule has 3 rings (SSSR count). The minimum Gasteiger partial charge on any atom is -0.468 e. The molecule has 140 valence electrons. The van der Waals surface area contributed by atoms with E-state index in [1.165, 1.54) is 12.1 Å². The van der Waals surface area contributed by atoms with E-state index in [1.54, 1.807) is 31.2 Å². The molecule has 0 aliphatic carbocycles. The summed E-state index contributed by atoms with van der Waals surface area (Å²) in [5, 5.41) is 8.98. The highest BCUT2D eigenvalue weighted by Crippen LogP contribution is 2.33. The van der Waals surface area contributed by atoms with E-state index < -0.39 is 17.4 Å². The van der Waals surface area contributed by atoms with Gasteiger partial charge >= 0.3 is 12.0 Å². The molecule has 2 aromatic rings. The number of hydrogen-bond acceptors (Lipinski definition) is 4. The molecule has 1 unspecified atom stereocenters. The number of nitrogens with one attached hydrogen (secondary N) is 1. The fraction of sp³-hybridized carbons (Fsp3) is 0.211. The van der Waals surface area contributed by atoms with Crippen LogP contribution >= 0.6 is 27.5 Å². The number of carbonyl (C=O) groups is 2. The Morgan fingerprint density at radius 2 is 1.81 bits per heavy atom. The van der Waals surface area contributed by atoms with Gasteiger partial charge in [0.1, 0.15) is 5.41 Å². The quantitative estimate of drug-likeness (QED) is 0.698. The van der Waals surface area contributed by atoms with E-state index in [0.29, 0.717) is 16.4 Å². The largest absolute Gasteiger partial charge is 0.468 e. The predicted octanol–water partition coefficient (Wildman–Crippen LogP) is 4.53. The number of esters is 1. The Hall–Kier alpha value is -2.38. The van der Waals surface area contributed by atoms with Crippen molar-refractivity contribution in [2.45, 2.75) is 6.92 Å². The molecule has 1 aliphatic heterocycles. The molecule has 2 aromatic carbocycles. The van der Waals surface area contributed by atoms with Crippen LogP contribution in [0.2, 0.25) is 5.02 Å². The first-order valence-corrected chi connectivity index (χ1v) is 9.28.